The summed E-state index contributed by atoms with van der Waals surface area (Å²) in [4.78, 5) is 24.5. The first-order valence-corrected chi connectivity index (χ1v) is 9.77. The van der Waals surface area contributed by atoms with Crippen LogP contribution in [-0.2, 0) is 4.79 Å². The van der Waals surface area contributed by atoms with E-state index in [1.54, 1.807) is 54.6 Å². The molecule has 0 amide bonds. The van der Waals surface area contributed by atoms with Crippen LogP contribution in [0.25, 0.3) is 0 Å². The van der Waals surface area contributed by atoms with Crippen LogP contribution in [0.2, 0.25) is 0 Å². The van der Waals surface area contributed by atoms with Gasteiger partial charge in [-0.15, -0.1) is 0 Å². The van der Waals surface area contributed by atoms with Crippen molar-refractivity contribution < 1.29 is 23.8 Å². The highest BCUT2D eigenvalue weighted by Gasteiger charge is 2.11. The fraction of sp³-hybridized carbons (Fsp3) is 0.200. The van der Waals surface area contributed by atoms with E-state index in [-0.39, 0.29) is 12.4 Å². The van der Waals surface area contributed by atoms with Crippen molar-refractivity contribution in [1.29, 1.82) is 0 Å². The lowest BCUT2D eigenvalue weighted by Crippen LogP contribution is -2.17. The number of benzene rings is 3. The lowest BCUT2D eigenvalue weighted by molar-refractivity contribution is -0.136. The molecule has 0 aliphatic carbocycles. The molecule has 0 unspecified atom stereocenters. The van der Waals surface area contributed by atoms with Gasteiger partial charge in [-0.1, -0.05) is 50.2 Å². The third-order valence-corrected chi connectivity index (χ3v) is 4.13. The van der Waals surface area contributed by atoms with E-state index in [2.05, 4.69) is 13.8 Å². The molecule has 0 saturated heterocycles. The molecule has 0 aliphatic heterocycles. The third kappa shape index (κ3) is 6.21. The van der Waals surface area contributed by atoms with Crippen LogP contribution in [0.15, 0.2) is 78.9 Å². The Labute approximate surface area is 176 Å². The molecule has 3 aromatic rings. The second-order valence-electron chi connectivity index (χ2n) is 7.16. The van der Waals surface area contributed by atoms with Crippen molar-refractivity contribution in [3.63, 3.8) is 0 Å². The van der Waals surface area contributed by atoms with Gasteiger partial charge in [-0.05, 0) is 42.3 Å². The Kier molecular flexibility index (Phi) is 7.22. The number of carbonyl (C=O) groups is 2. The first-order valence-electron chi connectivity index (χ1n) is 9.77. The first kappa shape index (κ1) is 21.1. The van der Waals surface area contributed by atoms with Gasteiger partial charge in [-0.2, -0.15) is 0 Å². The first-order chi connectivity index (χ1) is 14.5. The van der Waals surface area contributed by atoms with Crippen LogP contribution in [0.3, 0.4) is 0 Å². The molecule has 0 saturated carbocycles. The minimum absolute atomic E-state index is 0.0867. The fourth-order valence-corrected chi connectivity index (χ4v) is 2.65. The van der Waals surface area contributed by atoms with Gasteiger partial charge >= 0.3 is 5.97 Å². The standard InChI is InChI=1S/C25H24O5/c1-18(2)16-28-22-9-6-10-23(15-22)29-17-24(26)30-21-13-11-20(12-14-21)25(27)19-7-4-3-5-8-19/h3-15,18H,16-17H2,1-2H3. The molecule has 0 spiro atoms. The van der Waals surface area contributed by atoms with Crippen molar-refractivity contribution in [1.82, 2.24) is 0 Å². The summed E-state index contributed by atoms with van der Waals surface area (Å²) in [6.07, 6.45) is 0. The minimum Gasteiger partial charge on any atom is -0.493 e. The minimum atomic E-state index is -0.536. The molecule has 3 rings (SSSR count). The number of rotatable bonds is 9. The Bertz CT molecular complexity index is 978. The highest BCUT2D eigenvalue weighted by atomic mass is 16.6. The van der Waals surface area contributed by atoms with Gasteiger partial charge in [0.2, 0.25) is 0 Å². The van der Waals surface area contributed by atoms with Gasteiger partial charge in [0.15, 0.2) is 12.4 Å². The summed E-state index contributed by atoms with van der Waals surface area (Å²) in [5.41, 5.74) is 1.13. The highest BCUT2D eigenvalue weighted by Crippen LogP contribution is 2.20. The van der Waals surface area contributed by atoms with Crippen LogP contribution in [-0.4, -0.2) is 25.0 Å². The van der Waals surface area contributed by atoms with Gasteiger partial charge in [0.25, 0.3) is 0 Å². The number of carbonyl (C=O) groups excluding carboxylic acids is 2. The summed E-state index contributed by atoms with van der Waals surface area (Å²) in [6.45, 7) is 4.51. The normalized spacial score (nSPS) is 10.5. The predicted octanol–water partition coefficient (Wildman–Crippen LogP) is 4.94. The zero-order valence-electron chi connectivity index (χ0n) is 17.0. The van der Waals surface area contributed by atoms with Gasteiger partial charge in [-0.25, -0.2) is 4.79 Å². The van der Waals surface area contributed by atoms with E-state index in [1.165, 1.54) is 0 Å². The molecule has 0 bridgehead atoms. The molecule has 0 N–H and O–H groups in total. The van der Waals surface area contributed by atoms with Crippen LogP contribution >= 0.6 is 0 Å². The van der Waals surface area contributed by atoms with E-state index < -0.39 is 5.97 Å². The highest BCUT2D eigenvalue weighted by molar-refractivity contribution is 6.09. The van der Waals surface area contributed by atoms with Gasteiger partial charge in [0.05, 0.1) is 6.61 Å². The third-order valence-electron chi connectivity index (χ3n) is 4.13. The maximum Gasteiger partial charge on any atom is 0.349 e. The summed E-state index contributed by atoms with van der Waals surface area (Å²) in [5, 5.41) is 0. The zero-order valence-corrected chi connectivity index (χ0v) is 17.0. The Morgan fingerprint density at radius 2 is 1.37 bits per heavy atom. The van der Waals surface area contributed by atoms with Crippen LogP contribution in [0.4, 0.5) is 0 Å². The maximum absolute atomic E-state index is 12.4. The second-order valence-corrected chi connectivity index (χ2v) is 7.16. The number of esters is 1. The average Bonchev–Trinajstić information content (AvgIpc) is 2.77. The molecule has 0 fully saturated rings. The topological polar surface area (TPSA) is 61.8 Å². The summed E-state index contributed by atoms with van der Waals surface area (Å²) >= 11 is 0. The zero-order chi connectivity index (χ0) is 21.3. The summed E-state index contributed by atoms with van der Waals surface area (Å²) in [5.74, 6) is 1.36. The number of hydrogen-bond acceptors (Lipinski definition) is 5. The van der Waals surface area contributed by atoms with E-state index in [9.17, 15) is 9.59 Å². The summed E-state index contributed by atoms with van der Waals surface area (Å²) in [7, 11) is 0. The fourth-order valence-electron chi connectivity index (χ4n) is 2.65. The largest absolute Gasteiger partial charge is 0.493 e. The van der Waals surface area contributed by atoms with E-state index in [1.807, 2.05) is 24.3 Å². The van der Waals surface area contributed by atoms with Crippen molar-refractivity contribution in [3.05, 3.63) is 90.0 Å². The van der Waals surface area contributed by atoms with Gasteiger partial charge in [-0.3, -0.25) is 4.79 Å². The van der Waals surface area contributed by atoms with E-state index >= 15 is 0 Å². The smallest absolute Gasteiger partial charge is 0.349 e. The van der Waals surface area contributed by atoms with Crippen molar-refractivity contribution >= 4 is 11.8 Å². The summed E-state index contributed by atoms with van der Waals surface area (Å²) in [6, 6.07) is 22.6. The van der Waals surface area contributed by atoms with Gasteiger partial charge in [0, 0.05) is 17.2 Å². The molecule has 0 aliphatic rings. The van der Waals surface area contributed by atoms with Crippen molar-refractivity contribution in [2.75, 3.05) is 13.2 Å². The van der Waals surface area contributed by atoms with Crippen LogP contribution in [0, 0.1) is 5.92 Å². The summed E-state index contributed by atoms with van der Waals surface area (Å²) < 4.78 is 16.4. The molecule has 154 valence electrons. The molecule has 0 atom stereocenters. The van der Waals surface area contributed by atoms with Crippen molar-refractivity contribution in [3.8, 4) is 17.2 Å². The molecule has 5 nitrogen and oxygen atoms in total. The predicted molar refractivity (Wildman–Crippen MR) is 114 cm³/mol. The molecule has 30 heavy (non-hydrogen) atoms. The Balaban J connectivity index is 1.52. The Hall–Kier alpha value is -3.60. The van der Waals surface area contributed by atoms with Crippen molar-refractivity contribution in [2.24, 2.45) is 5.92 Å². The average molecular weight is 404 g/mol. The quantitative estimate of drug-likeness (QED) is 0.287. The van der Waals surface area contributed by atoms with Crippen LogP contribution in [0.1, 0.15) is 29.8 Å². The molecule has 0 aromatic heterocycles. The van der Waals surface area contributed by atoms with Crippen molar-refractivity contribution in [2.45, 2.75) is 13.8 Å². The molecule has 0 heterocycles. The van der Waals surface area contributed by atoms with Gasteiger partial charge in [0.1, 0.15) is 17.2 Å². The van der Waals surface area contributed by atoms with Gasteiger partial charge < -0.3 is 14.2 Å². The molecular weight excluding hydrogens is 380 g/mol. The number of ether oxygens (including phenoxy) is 3. The van der Waals surface area contributed by atoms with E-state index in [4.69, 9.17) is 14.2 Å². The molecule has 5 heteroatoms. The lowest BCUT2D eigenvalue weighted by atomic mass is 10.0. The van der Waals surface area contributed by atoms with E-state index in [0.29, 0.717) is 40.9 Å². The Morgan fingerprint density at radius 3 is 2.03 bits per heavy atom. The lowest BCUT2D eigenvalue weighted by Gasteiger charge is -2.11. The Morgan fingerprint density at radius 1 is 0.733 bits per heavy atom. The molecule has 0 radical (unpaired) electrons. The maximum atomic E-state index is 12.4. The van der Waals surface area contributed by atoms with Crippen LogP contribution in [0.5, 0.6) is 17.2 Å². The second kappa shape index (κ2) is 10.3. The van der Waals surface area contributed by atoms with Crippen LogP contribution < -0.4 is 14.2 Å². The number of ketones is 1. The SMILES string of the molecule is CC(C)COc1cccc(OCC(=O)Oc2ccc(C(=O)c3ccccc3)cc2)c1. The van der Waals surface area contributed by atoms with E-state index in [0.717, 1.165) is 0 Å². The number of hydrogen-bond donors (Lipinski definition) is 0. The molecular formula is C25H24O5. The monoisotopic (exact) mass is 404 g/mol. The molecule has 3 aromatic carbocycles.